The Balaban J connectivity index is 1.86. The molecule has 112 valence electrons. The van der Waals surface area contributed by atoms with E-state index >= 15 is 0 Å². The number of rotatable bonds is 5. The van der Waals surface area contributed by atoms with E-state index in [1.807, 2.05) is 32.3 Å². The quantitative estimate of drug-likeness (QED) is 0.914. The van der Waals surface area contributed by atoms with E-state index in [-0.39, 0.29) is 0 Å². The largest absolute Gasteiger partial charge is 0.376 e. The molecular formula is C16H22N4O. The minimum absolute atomic E-state index is 0.302. The summed E-state index contributed by atoms with van der Waals surface area (Å²) < 4.78 is 5.67. The Morgan fingerprint density at radius 2 is 2.14 bits per heavy atom. The van der Waals surface area contributed by atoms with Crippen molar-refractivity contribution in [2.75, 3.05) is 32.6 Å². The lowest BCUT2D eigenvalue weighted by atomic mass is 10.2. The summed E-state index contributed by atoms with van der Waals surface area (Å²) in [5.41, 5.74) is 0.985. The topological polar surface area (TPSA) is 50.3 Å². The molecule has 0 spiro atoms. The molecule has 2 heterocycles. The lowest BCUT2D eigenvalue weighted by Crippen LogP contribution is -2.20. The maximum absolute atomic E-state index is 5.67. The van der Waals surface area contributed by atoms with Gasteiger partial charge in [-0.15, -0.1) is 0 Å². The summed E-state index contributed by atoms with van der Waals surface area (Å²) in [4.78, 5) is 11.4. The Bertz CT molecular complexity index is 608. The third-order valence-electron chi connectivity index (χ3n) is 3.63. The monoisotopic (exact) mass is 286 g/mol. The van der Waals surface area contributed by atoms with E-state index in [1.54, 1.807) is 0 Å². The summed E-state index contributed by atoms with van der Waals surface area (Å²) in [6, 6.07) is 8.13. The molecule has 1 atom stereocenters. The van der Waals surface area contributed by atoms with Gasteiger partial charge in [0.05, 0.1) is 18.2 Å². The second kappa shape index (κ2) is 6.37. The molecule has 1 N–H and O–H groups in total. The smallest absolute Gasteiger partial charge is 0.145 e. The Morgan fingerprint density at radius 3 is 2.90 bits per heavy atom. The minimum Gasteiger partial charge on any atom is -0.376 e. The summed E-state index contributed by atoms with van der Waals surface area (Å²) >= 11 is 0. The number of nitrogens with zero attached hydrogens (tertiary/aromatic N) is 3. The highest BCUT2D eigenvalue weighted by molar-refractivity contribution is 5.88. The average molecular weight is 286 g/mol. The first kappa shape index (κ1) is 14.2. The van der Waals surface area contributed by atoms with Crippen LogP contribution in [0.4, 0.5) is 5.82 Å². The molecule has 1 aliphatic rings. The Kier molecular flexibility index (Phi) is 4.31. The van der Waals surface area contributed by atoms with Crippen molar-refractivity contribution >= 4 is 16.7 Å². The van der Waals surface area contributed by atoms with E-state index in [0.717, 1.165) is 55.1 Å². The summed E-state index contributed by atoms with van der Waals surface area (Å²) in [5, 5.41) is 4.52. The first-order chi connectivity index (χ1) is 10.2. The van der Waals surface area contributed by atoms with Crippen molar-refractivity contribution in [2.24, 2.45) is 0 Å². The molecule has 21 heavy (non-hydrogen) atoms. The number of nitrogens with one attached hydrogen (secondary N) is 1. The van der Waals surface area contributed by atoms with Gasteiger partial charge in [-0.05, 0) is 39.1 Å². The predicted octanol–water partition coefficient (Wildman–Crippen LogP) is 2.28. The van der Waals surface area contributed by atoms with Crippen LogP contribution in [0.25, 0.3) is 10.9 Å². The van der Waals surface area contributed by atoms with Crippen LogP contribution >= 0.6 is 0 Å². The third kappa shape index (κ3) is 3.49. The van der Waals surface area contributed by atoms with Crippen LogP contribution in [0, 0.1) is 0 Å². The average Bonchev–Trinajstić information content (AvgIpc) is 2.97. The lowest BCUT2D eigenvalue weighted by Gasteiger charge is -2.15. The van der Waals surface area contributed by atoms with Crippen LogP contribution in [-0.4, -0.2) is 48.2 Å². The highest BCUT2D eigenvalue weighted by atomic mass is 16.5. The molecule has 0 radical (unpaired) electrons. The van der Waals surface area contributed by atoms with Crippen molar-refractivity contribution < 1.29 is 4.74 Å². The van der Waals surface area contributed by atoms with Crippen molar-refractivity contribution in [3.63, 3.8) is 0 Å². The maximum atomic E-state index is 5.67. The summed E-state index contributed by atoms with van der Waals surface area (Å²) in [6.45, 7) is 2.42. The fraction of sp³-hybridized carbons (Fsp3) is 0.500. The minimum atomic E-state index is 0.302. The Labute approximate surface area is 125 Å². The molecule has 0 bridgehead atoms. The fourth-order valence-electron chi connectivity index (χ4n) is 2.63. The van der Waals surface area contributed by atoms with E-state index in [2.05, 4.69) is 26.3 Å². The van der Waals surface area contributed by atoms with Crippen molar-refractivity contribution in [1.82, 2.24) is 14.9 Å². The van der Waals surface area contributed by atoms with Crippen LogP contribution in [0.3, 0.4) is 0 Å². The maximum Gasteiger partial charge on any atom is 0.145 e. The predicted molar refractivity (Wildman–Crippen MR) is 84.4 cm³/mol. The van der Waals surface area contributed by atoms with Gasteiger partial charge >= 0.3 is 0 Å². The van der Waals surface area contributed by atoms with Crippen molar-refractivity contribution in [2.45, 2.75) is 25.5 Å². The van der Waals surface area contributed by atoms with E-state index in [1.165, 1.54) is 0 Å². The van der Waals surface area contributed by atoms with Gasteiger partial charge in [-0.2, -0.15) is 0 Å². The summed E-state index contributed by atoms with van der Waals surface area (Å²) in [6.07, 6.45) is 2.58. The third-order valence-corrected chi connectivity index (χ3v) is 3.63. The molecule has 0 saturated carbocycles. The van der Waals surface area contributed by atoms with E-state index in [0.29, 0.717) is 6.10 Å². The molecule has 1 aliphatic heterocycles. The number of ether oxygens (including phenoxy) is 1. The first-order valence-corrected chi connectivity index (χ1v) is 7.48. The van der Waals surface area contributed by atoms with Gasteiger partial charge in [0.15, 0.2) is 0 Å². The summed E-state index contributed by atoms with van der Waals surface area (Å²) in [7, 11) is 4.05. The second-order valence-corrected chi connectivity index (χ2v) is 5.76. The number of hydrogen-bond acceptors (Lipinski definition) is 5. The lowest BCUT2D eigenvalue weighted by molar-refractivity contribution is 0.120. The molecule has 2 aromatic rings. The van der Waals surface area contributed by atoms with Gasteiger partial charge in [-0.1, -0.05) is 12.1 Å². The van der Waals surface area contributed by atoms with E-state index < -0.39 is 0 Å². The number of benzene rings is 1. The Morgan fingerprint density at radius 1 is 1.29 bits per heavy atom. The van der Waals surface area contributed by atoms with E-state index in [9.17, 15) is 0 Å². The molecule has 1 unspecified atom stereocenters. The molecule has 5 heteroatoms. The van der Waals surface area contributed by atoms with Crippen LogP contribution < -0.4 is 5.32 Å². The zero-order chi connectivity index (χ0) is 14.7. The van der Waals surface area contributed by atoms with Gasteiger partial charge in [-0.3, -0.25) is 0 Å². The molecule has 3 rings (SSSR count). The van der Waals surface area contributed by atoms with Crippen LogP contribution in [0.15, 0.2) is 24.3 Å². The van der Waals surface area contributed by atoms with Gasteiger partial charge in [0, 0.05) is 18.5 Å². The van der Waals surface area contributed by atoms with Crippen LogP contribution in [-0.2, 0) is 11.3 Å². The second-order valence-electron chi connectivity index (χ2n) is 5.76. The van der Waals surface area contributed by atoms with Crippen molar-refractivity contribution in [3.8, 4) is 0 Å². The van der Waals surface area contributed by atoms with Gasteiger partial charge in [-0.25, -0.2) is 9.97 Å². The van der Waals surface area contributed by atoms with Gasteiger partial charge in [0.25, 0.3) is 0 Å². The normalized spacial score (nSPS) is 18.5. The van der Waals surface area contributed by atoms with E-state index in [4.69, 9.17) is 4.74 Å². The highest BCUT2D eigenvalue weighted by Crippen LogP contribution is 2.21. The molecular weight excluding hydrogens is 264 g/mol. The van der Waals surface area contributed by atoms with Gasteiger partial charge < -0.3 is 15.0 Å². The number of aromatic nitrogens is 2. The molecule has 1 saturated heterocycles. The van der Waals surface area contributed by atoms with Gasteiger partial charge in [0.2, 0.25) is 0 Å². The number of fused-ring (bicyclic) bond motifs is 1. The van der Waals surface area contributed by atoms with Crippen molar-refractivity contribution in [3.05, 3.63) is 30.1 Å². The van der Waals surface area contributed by atoms with Crippen LogP contribution in [0.2, 0.25) is 0 Å². The first-order valence-electron chi connectivity index (χ1n) is 7.48. The van der Waals surface area contributed by atoms with Crippen molar-refractivity contribution in [1.29, 1.82) is 0 Å². The zero-order valence-corrected chi connectivity index (χ0v) is 12.7. The van der Waals surface area contributed by atoms with Gasteiger partial charge in [0.1, 0.15) is 11.6 Å². The molecule has 1 aromatic heterocycles. The Hall–Kier alpha value is -1.72. The highest BCUT2D eigenvalue weighted by Gasteiger charge is 2.16. The van der Waals surface area contributed by atoms with Crippen LogP contribution in [0.1, 0.15) is 18.7 Å². The number of hydrogen-bond donors (Lipinski definition) is 1. The molecule has 0 aliphatic carbocycles. The van der Waals surface area contributed by atoms with Crippen LogP contribution in [0.5, 0.6) is 0 Å². The fourth-order valence-corrected chi connectivity index (χ4v) is 2.63. The zero-order valence-electron chi connectivity index (χ0n) is 12.7. The molecule has 5 nitrogen and oxygen atoms in total. The molecule has 1 fully saturated rings. The molecule has 0 amide bonds. The SMILES string of the molecule is CN(C)Cc1nc(NCC2CCCO2)c2ccccc2n1. The number of para-hydroxylation sites is 1. The number of anilines is 1. The summed E-state index contributed by atoms with van der Waals surface area (Å²) in [5.74, 6) is 1.75. The standard InChI is InChI=1S/C16H22N4O/c1-20(2)11-15-18-14-8-4-3-7-13(14)16(19-15)17-10-12-6-5-9-21-12/h3-4,7-8,12H,5-6,9-11H2,1-2H3,(H,17,18,19). The molecule has 1 aromatic carbocycles.